The molecule has 0 bridgehead atoms. The van der Waals surface area contributed by atoms with E-state index in [0.717, 1.165) is 5.82 Å². The summed E-state index contributed by atoms with van der Waals surface area (Å²) in [6, 6.07) is 8.28. The lowest BCUT2D eigenvalue weighted by molar-refractivity contribution is 0.461. The van der Waals surface area contributed by atoms with Gasteiger partial charge in [-0.3, -0.25) is 14.0 Å². The Labute approximate surface area is 186 Å². The highest BCUT2D eigenvalue weighted by Crippen LogP contribution is 2.26. The van der Waals surface area contributed by atoms with Crippen LogP contribution in [0.3, 0.4) is 0 Å². The van der Waals surface area contributed by atoms with Crippen molar-refractivity contribution in [1.82, 2.24) is 29.3 Å². The predicted octanol–water partition coefficient (Wildman–Crippen LogP) is 3.40. The van der Waals surface area contributed by atoms with Crippen molar-refractivity contribution < 1.29 is 13.2 Å². The molecule has 0 aliphatic rings. The number of anilines is 1. The van der Waals surface area contributed by atoms with Crippen LogP contribution in [-0.2, 0) is 16.6 Å². The van der Waals surface area contributed by atoms with E-state index in [9.17, 15) is 8.42 Å². The maximum atomic E-state index is 12.9. The molecule has 0 aliphatic carbocycles. The fourth-order valence-corrected chi connectivity index (χ4v) is 4.91. The topological polar surface area (TPSA) is 117 Å². The Morgan fingerprint density at radius 1 is 1.06 bits per heavy atom. The second kappa shape index (κ2) is 8.42. The van der Waals surface area contributed by atoms with Crippen LogP contribution in [0.5, 0.6) is 11.6 Å². The highest BCUT2D eigenvalue weighted by Gasteiger charge is 2.24. The molecule has 0 fully saturated rings. The van der Waals surface area contributed by atoms with Crippen molar-refractivity contribution in [3.05, 3.63) is 66.3 Å². The number of hydrogen-bond acceptors (Lipinski definition) is 7. The van der Waals surface area contributed by atoms with Gasteiger partial charge in [0.1, 0.15) is 28.6 Å². The van der Waals surface area contributed by atoms with Gasteiger partial charge in [-0.05, 0) is 52.0 Å². The number of aryl methyl sites for hydroxylation is 3. The zero-order chi connectivity index (χ0) is 22.9. The normalized spacial score (nSPS) is 11.5. The van der Waals surface area contributed by atoms with Gasteiger partial charge in [0.25, 0.3) is 10.0 Å². The van der Waals surface area contributed by atoms with Gasteiger partial charge in [0.2, 0.25) is 5.88 Å². The number of hydrogen-bond donors (Lipinski definition) is 1. The molecule has 0 aliphatic heterocycles. The van der Waals surface area contributed by atoms with Crippen LogP contribution in [0.15, 0.2) is 53.9 Å². The van der Waals surface area contributed by atoms with Gasteiger partial charge >= 0.3 is 0 Å². The Hall–Kier alpha value is -3.73. The molecule has 0 saturated heterocycles. The van der Waals surface area contributed by atoms with Gasteiger partial charge in [-0.1, -0.05) is 0 Å². The Bertz CT molecular complexity index is 1360. The second-order valence-electron chi connectivity index (χ2n) is 7.11. The highest BCUT2D eigenvalue weighted by atomic mass is 32.2. The molecule has 11 heteroatoms. The monoisotopic (exact) mass is 453 g/mol. The first-order valence-electron chi connectivity index (χ1n) is 9.95. The van der Waals surface area contributed by atoms with E-state index < -0.39 is 10.0 Å². The molecule has 166 valence electrons. The van der Waals surface area contributed by atoms with E-state index in [1.807, 2.05) is 18.4 Å². The number of imidazole rings is 1. The first-order valence-corrected chi connectivity index (χ1v) is 11.4. The fraction of sp³-hybridized carbons (Fsp3) is 0.238. The molecule has 4 rings (SSSR count). The zero-order valence-corrected chi connectivity index (χ0v) is 19.0. The van der Waals surface area contributed by atoms with Gasteiger partial charge in [-0.25, -0.2) is 23.4 Å². The first kappa shape index (κ1) is 21.5. The van der Waals surface area contributed by atoms with Gasteiger partial charge in [0.05, 0.1) is 11.4 Å². The lowest BCUT2D eigenvalue weighted by Crippen LogP contribution is -2.15. The van der Waals surface area contributed by atoms with Crippen LogP contribution >= 0.6 is 0 Å². The lowest BCUT2D eigenvalue weighted by Gasteiger charge is -2.10. The van der Waals surface area contributed by atoms with Crippen molar-refractivity contribution in [2.75, 3.05) is 4.72 Å². The highest BCUT2D eigenvalue weighted by molar-refractivity contribution is 7.92. The van der Waals surface area contributed by atoms with Crippen LogP contribution in [0.4, 0.5) is 5.69 Å². The first-order chi connectivity index (χ1) is 15.3. The minimum atomic E-state index is -3.77. The van der Waals surface area contributed by atoms with Gasteiger partial charge in [-0.2, -0.15) is 5.10 Å². The molecule has 0 saturated carbocycles. The number of ether oxygens (including phenoxy) is 1. The number of nitrogens with one attached hydrogen (secondary N) is 1. The molecule has 3 aromatic heterocycles. The molecule has 10 nitrogen and oxygen atoms in total. The molecule has 1 aromatic carbocycles. The predicted molar refractivity (Wildman–Crippen MR) is 119 cm³/mol. The molecular formula is C21H23N7O3S. The molecule has 0 unspecified atom stereocenters. The quantitative estimate of drug-likeness (QED) is 0.456. The van der Waals surface area contributed by atoms with Crippen molar-refractivity contribution in [3.63, 3.8) is 0 Å². The summed E-state index contributed by atoms with van der Waals surface area (Å²) in [5.74, 6) is 2.29. The molecule has 32 heavy (non-hydrogen) atoms. The largest absolute Gasteiger partial charge is 0.439 e. The standard InChI is InChI=1S/C21H23N7O3S/c1-5-28-15(3)21(14(2)25-28)32(29,30)26-17-6-8-18(9-7-17)31-20-12-19(23-13-24-20)27-11-10-22-16(27)4/h6-13,26H,5H2,1-4H3. The van der Waals surface area contributed by atoms with Gasteiger partial charge in [-0.15, -0.1) is 0 Å². The third-order valence-electron chi connectivity index (χ3n) is 4.91. The SMILES string of the molecule is CCn1nc(C)c(S(=O)(=O)Nc2ccc(Oc3cc(-n4ccnc4C)ncn3)cc2)c1C. The van der Waals surface area contributed by atoms with Crippen molar-refractivity contribution in [1.29, 1.82) is 0 Å². The zero-order valence-electron chi connectivity index (χ0n) is 18.1. The van der Waals surface area contributed by atoms with Crippen LogP contribution in [0.25, 0.3) is 5.82 Å². The van der Waals surface area contributed by atoms with E-state index in [2.05, 4.69) is 24.8 Å². The van der Waals surface area contributed by atoms with E-state index in [0.29, 0.717) is 41.1 Å². The molecule has 1 N–H and O–H groups in total. The lowest BCUT2D eigenvalue weighted by atomic mass is 10.3. The molecule has 0 radical (unpaired) electrons. The van der Waals surface area contributed by atoms with E-state index in [1.165, 1.54) is 6.33 Å². The third kappa shape index (κ3) is 4.19. The van der Waals surface area contributed by atoms with Crippen LogP contribution in [0, 0.1) is 20.8 Å². The smallest absolute Gasteiger partial charge is 0.265 e. The Morgan fingerprint density at radius 2 is 1.81 bits per heavy atom. The van der Waals surface area contributed by atoms with E-state index >= 15 is 0 Å². The number of sulfonamides is 1. The van der Waals surface area contributed by atoms with Crippen molar-refractivity contribution >= 4 is 15.7 Å². The number of benzene rings is 1. The number of aromatic nitrogens is 6. The van der Waals surface area contributed by atoms with Gasteiger partial charge in [0.15, 0.2) is 0 Å². The summed E-state index contributed by atoms with van der Waals surface area (Å²) in [7, 11) is -3.77. The summed E-state index contributed by atoms with van der Waals surface area (Å²) < 4.78 is 37.7. The fourth-order valence-electron chi connectivity index (χ4n) is 3.43. The van der Waals surface area contributed by atoms with E-state index in [-0.39, 0.29) is 4.90 Å². The van der Waals surface area contributed by atoms with E-state index in [4.69, 9.17) is 4.74 Å². The van der Waals surface area contributed by atoms with Crippen LogP contribution in [0.2, 0.25) is 0 Å². The molecular weight excluding hydrogens is 430 g/mol. The summed E-state index contributed by atoms with van der Waals surface area (Å²) in [5.41, 5.74) is 1.48. The van der Waals surface area contributed by atoms with Gasteiger partial charge in [0, 0.05) is 30.7 Å². The average molecular weight is 454 g/mol. The Balaban J connectivity index is 1.51. The van der Waals surface area contributed by atoms with E-state index in [1.54, 1.807) is 61.3 Å². The van der Waals surface area contributed by atoms with Gasteiger partial charge < -0.3 is 4.74 Å². The Kier molecular flexibility index (Phi) is 5.66. The molecule has 0 amide bonds. The Morgan fingerprint density at radius 3 is 2.44 bits per heavy atom. The summed E-state index contributed by atoms with van der Waals surface area (Å²) in [6.45, 7) is 7.82. The summed E-state index contributed by atoms with van der Waals surface area (Å²) in [5, 5.41) is 4.29. The third-order valence-corrected chi connectivity index (χ3v) is 6.55. The number of rotatable bonds is 7. The van der Waals surface area contributed by atoms with Crippen LogP contribution < -0.4 is 9.46 Å². The van der Waals surface area contributed by atoms with Crippen molar-refractivity contribution in [2.45, 2.75) is 39.1 Å². The summed E-state index contributed by atoms with van der Waals surface area (Å²) in [4.78, 5) is 12.8. The van der Waals surface area contributed by atoms with Crippen molar-refractivity contribution in [2.24, 2.45) is 0 Å². The molecule has 0 spiro atoms. The molecule has 3 heterocycles. The van der Waals surface area contributed by atoms with Crippen LogP contribution in [-0.4, -0.2) is 37.7 Å². The summed E-state index contributed by atoms with van der Waals surface area (Å²) >= 11 is 0. The van der Waals surface area contributed by atoms with Crippen LogP contribution in [0.1, 0.15) is 24.1 Å². The maximum Gasteiger partial charge on any atom is 0.265 e. The minimum absolute atomic E-state index is 0.197. The number of nitrogens with zero attached hydrogens (tertiary/aromatic N) is 6. The molecule has 4 aromatic rings. The average Bonchev–Trinajstić information content (AvgIpc) is 3.31. The molecule has 0 atom stereocenters. The van der Waals surface area contributed by atoms with Crippen molar-refractivity contribution in [3.8, 4) is 17.4 Å². The maximum absolute atomic E-state index is 12.9. The minimum Gasteiger partial charge on any atom is -0.439 e. The second-order valence-corrected chi connectivity index (χ2v) is 8.73. The summed E-state index contributed by atoms with van der Waals surface area (Å²) in [6.07, 6.45) is 4.90.